The molecule has 0 N–H and O–H groups in total. The summed E-state index contributed by atoms with van der Waals surface area (Å²) in [5.74, 6) is 1.42. The first-order chi connectivity index (χ1) is 13.4. The summed E-state index contributed by atoms with van der Waals surface area (Å²) in [6, 6.07) is 2.28. The minimum absolute atomic E-state index is 0.139. The lowest BCUT2D eigenvalue weighted by Gasteiger charge is -2.31. The maximum absolute atomic E-state index is 12.5. The van der Waals surface area contributed by atoms with Gasteiger partial charge in [0.25, 0.3) is 0 Å². The highest BCUT2D eigenvalue weighted by Crippen LogP contribution is 2.35. The highest BCUT2D eigenvalue weighted by molar-refractivity contribution is 5.76. The number of ether oxygens (including phenoxy) is 1. The zero-order chi connectivity index (χ0) is 20.1. The predicted molar refractivity (Wildman–Crippen MR) is 111 cm³/mol. The molecule has 1 saturated heterocycles. The number of aryl methyl sites for hydroxylation is 1. The Bertz CT molecular complexity index is 628. The molecule has 1 amide bonds. The van der Waals surface area contributed by atoms with Crippen LogP contribution in [0.25, 0.3) is 0 Å². The number of amides is 1. The molecule has 1 aliphatic heterocycles. The van der Waals surface area contributed by atoms with Crippen molar-refractivity contribution in [3.8, 4) is 0 Å². The molecule has 1 aromatic heterocycles. The minimum Gasteiger partial charge on any atom is -0.378 e. The van der Waals surface area contributed by atoms with Gasteiger partial charge in [-0.1, -0.05) is 0 Å². The first kappa shape index (κ1) is 21.3. The molecule has 2 aliphatic rings. The molecule has 1 aliphatic carbocycles. The molecule has 1 atom stereocenters. The van der Waals surface area contributed by atoms with Gasteiger partial charge >= 0.3 is 0 Å². The van der Waals surface area contributed by atoms with E-state index in [9.17, 15) is 4.79 Å². The summed E-state index contributed by atoms with van der Waals surface area (Å²) in [5, 5.41) is 4.78. The van der Waals surface area contributed by atoms with Gasteiger partial charge < -0.3 is 14.5 Å². The van der Waals surface area contributed by atoms with Crippen LogP contribution < -0.4 is 0 Å². The van der Waals surface area contributed by atoms with E-state index in [0.29, 0.717) is 18.3 Å². The lowest BCUT2D eigenvalue weighted by atomic mass is 9.80. The van der Waals surface area contributed by atoms with E-state index in [2.05, 4.69) is 25.1 Å². The van der Waals surface area contributed by atoms with Crippen molar-refractivity contribution in [2.75, 3.05) is 34.3 Å². The van der Waals surface area contributed by atoms with E-state index in [1.165, 1.54) is 43.5 Å². The van der Waals surface area contributed by atoms with Crippen LogP contribution in [0.3, 0.4) is 0 Å². The van der Waals surface area contributed by atoms with Crippen LogP contribution in [0.5, 0.6) is 0 Å². The highest BCUT2D eigenvalue weighted by atomic mass is 16.5. The van der Waals surface area contributed by atoms with E-state index in [0.717, 1.165) is 32.5 Å². The largest absolute Gasteiger partial charge is 0.378 e. The normalized spacial score (nSPS) is 25.8. The first-order valence-electron chi connectivity index (χ1n) is 11.0. The van der Waals surface area contributed by atoms with Gasteiger partial charge in [-0.15, -0.1) is 0 Å². The van der Waals surface area contributed by atoms with Crippen molar-refractivity contribution in [3.63, 3.8) is 0 Å². The van der Waals surface area contributed by atoms with Gasteiger partial charge in [-0.3, -0.25) is 9.48 Å². The molecular weight excluding hydrogens is 352 g/mol. The first-order valence-corrected chi connectivity index (χ1v) is 11.0. The number of carbonyl (C=O) groups excluding carboxylic acids is 1. The van der Waals surface area contributed by atoms with Crippen LogP contribution in [0, 0.1) is 5.92 Å². The van der Waals surface area contributed by atoms with Gasteiger partial charge in [-0.2, -0.15) is 5.10 Å². The summed E-state index contributed by atoms with van der Waals surface area (Å²) in [6.45, 7) is 2.62. The molecule has 0 aromatic carbocycles. The average Bonchev–Trinajstić information content (AvgIpc) is 3.03. The van der Waals surface area contributed by atoms with Crippen LogP contribution in [0.2, 0.25) is 0 Å². The van der Waals surface area contributed by atoms with Crippen molar-refractivity contribution in [3.05, 3.63) is 17.5 Å². The quantitative estimate of drug-likeness (QED) is 0.718. The number of hydrogen-bond donors (Lipinski definition) is 0. The zero-order valence-corrected chi connectivity index (χ0v) is 18.2. The fraction of sp³-hybridized carbons (Fsp3) is 0.818. The summed E-state index contributed by atoms with van der Waals surface area (Å²) in [5.41, 5.74) is 2.52. The number of aromatic nitrogens is 2. The summed E-state index contributed by atoms with van der Waals surface area (Å²) >= 11 is 0. The van der Waals surface area contributed by atoms with Crippen molar-refractivity contribution >= 4 is 5.91 Å². The van der Waals surface area contributed by atoms with Crippen molar-refractivity contribution < 1.29 is 9.53 Å². The van der Waals surface area contributed by atoms with Crippen LogP contribution in [0.1, 0.15) is 68.7 Å². The molecule has 0 spiro atoms. The van der Waals surface area contributed by atoms with E-state index < -0.39 is 0 Å². The van der Waals surface area contributed by atoms with Gasteiger partial charge in [-0.05, 0) is 71.0 Å². The van der Waals surface area contributed by atoms with Crippen LogP contribution in [-0.4, -0.2) is 65.9 Å². The molecular formula is C22H38N4O2. The lowest BCUT2D eigenvalue weighted by Crippen LogP contribution is -2.36. The Morgan fingerprint density at radius 2 is 1.93 bits per heavy atom. The summed E-state index contributed by atoms with van der Waals surface area (Å²) < 4.78 is 7.76. The fourth-order valence-corrected chi connectivity index (χ4v) is 4.65. The monoisotopic (exact) mass is 390 g/mol. The van der Waals surface area contributed by atoms with Gasteiger partial charge in [-0.25, -0.2) is 0 Å². The molecule has 2 heterocycles. The van der Waals surface area contributed by atoms with Crippen molar-refractivity contribution in [1.82, 2.24) is 19.6 Å². The zero-order valence-electron chi connectivity index (χ0n) is 18.2. The second-order valence-electron chi connectivity index (χ2n) is 9.11. The molecule has 158 valence electrons. The second-order valence-corrected chi connectivity index (χ2v) is 9.11. The molecule has 6 nitrogen and oxygen atoms in total. The highest BCUT2D eigenvalue weighted by Gasteiger charge is 2.27. The Hall–Kier alpha value is -1.40. The molecule has 0 radical (unpaired) electrons. The van der Waals surface area contributed by atoms with Gasteiger partial charge in [0.05, 0.1) is 23.9 Å². The van der Waals surface area contributed by atoms with E-state index in [4.69, 9.17) is 9.84 Å². The predicted octanol–water partition coefficient (Wildman–Crippen LogP) is 3.17. The number of carbonyl (C=O) groups is 1. The third-order valence-corrected chi connectivity index (χ3v) is 6.37. The van der Waals surface area contributed by atoms with Crippen LogP contribution in [0.15, 0.2) is 6.07 Å². The summed E-state index contributed by atoms with van der Waals surface area (Å²) in [4.78, 5) is 16.7. The topological polar surface area (TPSA) is 50.6 Å². The molecule has 1 saturated carbocycles. The minimum atomic E-state index is 0.139. The molecule has 0 unspecified atom stereocenters. The average molecular weight is 391 g/mol. The molecule has 1 aromatic rings. The lowest BCUT2D eigenvalue weighted by molar-refractivity contribution is -0.134. The Labute approximate surface area is 170 Å². The van der Waals surface area contributed by atoms with Crippen LogP contribution >= 0.6 is 0 Å². The van der Waals surface area contributed by atoms with E-state index in [1.54, 1.807) is 0 Å². The van der Waals surface area contributed by atoms with Gasteiger partial charge in [0, 0.05) is 39.7 Å². The maximum Gasteiger partial charge on any atom is 0.224 e. The second kappa shape index (κ2) is 9.88. The Kier molecular flexibility index (Phi) is 7.52. The van der Waals surface area contributed by atoms with E-state index in [-0.39, 0.29) is 12.0 Å². The summed E-state index contributed by atoms with van der Waals surface area (Å²) in [6.07, 6.45) is 8.77. The third-order valence-electron chi connectivity index (χ3n) is 6.37. The Balaban J connectivity index is 1.44. The summed E-state index contributed by atoms with van der Waals surface area (Å²) in [7, 11) is 8.19. The van der Waals surface area contributed by atoms with E-state index in [1.807, 2.05) is 23.7 Å². The molecule has 0 bridgehead atoms. The SMILES string of the molecule is CN(C)Cc1cc(C2CCC(CN(C)C(=O)C[C@H]3CCCCO3)CC2)nn1C. The molecule has 2 fully saturated rings. The number of hydrogen-bond acceptors (Lipinski definition) is 4. The molecule has 3 rings (SSSR count). The van der Waals surface area contributed by atoms with Crippen LogP contribution in [0.4, 0.5) is 0 Å². The molecule has 28 heavy (non-hydrogen) atoms. The number of nitrogens with zero attached hydrogens (tertiary/aromatic N) is 4. The molecule has 6 heteroatoms. The van der Waals surface area contributed by atoms with Gasteiger partial charge in [0.2, 0.25) is 5.91 Å². The van der Waals surface area contributed by atoms with Crippen molar-refractivity contribution in [1.29, 1.82) is 0 Å². The van der Waals surface area contributed by atoms with E-state index >= 15 is 0 Å². The van der Waals surface area contributed by atoms with Crippen molar-refractivity contribution in [2.24, 2.45) is 13.0 Å². The number of rotatable bonds is 7. The third kappa shape index (κ3) is 5.80. The Morgan fingerprint density at radius 3 is 2.57 bits per heavy atom. The maximum atomic E-state index is 12.5. The van der Waals surface area contributed by atoms with Crippen LogP contribution in [-0.2, 0) is 23.1 Å². The van der Waals surface area contributed by atoms with Gasteiger partial charge in [0.1, 0.15) is 0 Å². The smallest absolute Gasteiger partial charge is 0.224 e. The Morgan fingerprint density at radius 1 is 1.18 bits per heavy atom. The standard InChI is InChI=1S/C22H38N4O2/c1-24(2)16-19-13-21(23-26(19)4)18-10-8-17(9-11-18)15-25(3)22(27)14-20-7-5-6-12-28-20/h13,17-18,20H,5-12,14-16H2,1-4H3/t17?,18?,20-/m1/s1. The van der Waals surface area contributed by atoms with Gasteiger partial charge in [0.15, 0.2) is 0 Å². The van der Waals surface area contributed by atoms with Crippen molar-refractivity contribution in [2.45, 2.75) is 69.9 Å². The fourth-order valence-electron chi connectivity index (χ4n) is 4.65.